The maximum absolute atomic E-state index is 12.4. The Morgan fingerprint density at radius 2 is 1.43 bits per heavy atom. The summed E-state index contributed by atoms with van der Waals surface area (Å²) in [6.07, 6.45) is 13.7. The number of allylic oxidation sites excluding steroid dienone is 7. The van der Waals surface area contributed by atoms with Gasteiger partial charge in [0.25, 0.3) is 20.2 Å². The lowest BCUT2D eigenvalue weighted by atomic mass is 9.78. The molecule has 0 radical (unpaired) electrons. The Bertz CT molecular complexity index is 2610. The van der Waals surface area contributed by atoms with Crippen LogP contribution in [-0.4, -0.2) is 58.6 Å². The van der Waals surface area contributed by atoms with Crippen LogP contribution in [0.2, 0.25) is 0 Å². The Hall–Kier alpha value is -3.97. The van der Waals surface area contributed by atoms with Crippen LogP contribution >= 0.6 is 11.6 Å². The average molecular weight is 873 g/mol. The zero-order valence-corrected chi connectivity index (χ0v) is 37.8. The summed E-state index contributed by atoms with van der Waals surface area (Å²) >= 11 is 7.34. The second kappa shape index (κ2) is 17.8. The summed E-state index contributed by atoms with van der Waals surface area (Å²) in [6, 6.07) is 25.6. The Morgan fingerprint density at radius 1 is 0.800 bits per heavy atom. The van der Waals surface area contributed by atoms with E-state index >= 15 is 0 Å². The molecule has 0 saturated carbocycles. The molecule has 0 saturated heterocycles. The van der Waals surface area contributed by atoms with Gasteiger partial charge in [0.15, 0.2) is 0 Å². The summed E-state index contributed by atoms with van der Waals surface area (Å²) in [5.74, 6) is -0.314. The number of hydroxylamine groups is 1. The van der Waals surface area contributed by atoms with Crippen LogP contribution in [0.5, 0.6) is 0 Å². The van der Waals surface area contributed by atoms with Crippen LogP contribution < -0.4 is 15.3 Å². The molecular formula is C48H58ClN3O6S2. The second-order valence-corrected chi connectivity index (χ2v) is 21.0. The largest absolute Gasteiger partial charge is 0.364 e. The van der Waals surface area contributed by atoms with Crippen molar-refractivity contribution in [3.63, 3.8) is 0 Å². The van der Waals surface area contributed by atoms with Gasteiger partial charge in [-0.2, -0.15) is 26.6 Å². The van der Waals surface area contributed by atoms with Crippen molar-refractivity contribution in [2.75, 3.05) is 40.9 Å². The lowest BCUT2D eigenvalue weighted by Crippen LogP contribution is -2.40. The summed E-state index contributed by atoms with van der Waals surface area (Å²) in [6.45, 7) is 12.6. The van der Waals surface area contributed by atoms with Gasteiger partial charge in [-0.25, -0.2) is 0 Å². The number of fused-ring (bicyclic) bond motifs is 6. The molecule has 4 aromatic carbocycles. The van der Waals surface area contributed by atoms with Crippen molar-refractivity contribution in [3.8, 4) is 0 Å². The van der Waals surface area contributed by atoms with E-state index in [0.717, 1.165) is 52.5 Å². The molecule has 1 unspecified atom stereocenters. The molecule has 60 heavy (non-hydrogen) atoms. The number of hydrogen-bond donors (Lipinski definition) is 2. The van der Waals surface area contributed by atoms with Gasteiger partial charge in [0.05, 0.1) is 17.5 Å². The van der Waals surface area contributed by atoms with Gasteiger partial charge in [-0.15, -0.1) is 0 Å². The average Bonchev–Trinajstić information content (AvgIpc) is 3.57. The smallest absolute Gasteiger partial charge is 0.283 e. The first-order chi connectivity index (χ1) is 28.5. The van der Waals surface area contributed by atoms with Crippen molar-refractivity contribution in [1.29, 1.82) is 0 Å². The standard InChI is InChI=1S/C48H58ClN3O6S2/c1-6-50-58-60(56,57)33-14-12-31-52-41-27-23-35-17-8-10-21-39(35)45(41)48(4,5)43(52)29-25-37-19-15-18-36(46(37)49)24-28-42-47(2,3)44-38-20-9-7-16-34(38)22-26-40(44)51(42)30-11-13-32-59(53,54)55/h7-10,16-17,20-29,42,50H,6,11-15,18-19,30-33H2,1-5H3,(H,53,54,55)/b28-24+,37-25+,43-29+. The maximum atomic E-state index is 12.4. The summed E-state index contributed by atoms with van der Waals surface area (Å²) < 4.78 is 62.2. The number of nitrogens with zero attached hydrogens (tertiary/aromatic N) is 2. The van der Waals surface area contributed by atoms with E-state index in [2.05, 4.69) is 140 Å². The number of nitrogens with one attached hydrogen (secondary N) is 1. The van der Waals surface area contributed by atoms with Crippen molar-refractivity contribution in [3.05, 3.63) is 130 Å². The highest BCUT2D eigenvalue weighted by Crippen LogP contribution is 2.52. The van der Waals surface area contributed by atoms with Gasteiger partial charge in [-0.05, 0) is 107 Å². The van der Waals surface area contributed by atoms with Gasteiger partial charge < -0.3 is 9.80 Å². The summed E-state index contributed by atoms with van der Waals surface area (Å²) in [4.78, 5) is 4.75. The molecule has 9 nitrogen and oxygen atoms in total. The molecule has 0 fully saturated rings. The zero-order valence-electron chi connectivity index (χ0n) is 35.4. The minimum absolute atomic E-state index is 0.0110. The van der Waals surface area contributed by atoms with Crippen molar-refractivity contribution >= 4 is 64.8 Å². The third kappa shape index (κ3) is 9.13. The third-order valence-electron chi connectivity index (χ3n) is 12.5. The summed E-state index contributed by atoms with van der Waals surface area (Å²) in [7, 11) is -7.69. The van der Waals surface area contributed by atoms with Crippen LogP contribution in [0.3, 0.4) is 0 Å². The van der Waals surface area contributed by atoms with Crippen LogP contribution in [0.4, 0.5) is 11.4 Å². The normalized spacial score (nSPS) is 20.4. The molecule has 3 aliphatic rings. The first-order valence-corrected chi connectivity index (χ1v) is 24.8. The Morgan fingerprint density at radius 3 is 2.12 bits per heavy atom. The first-order valence-electron chi connectivity index (χ1n) is 21.2. The third-order valence-corrected chi connectivity index (χ3v) is 14.9. The fourth-order valence-corrected chi connectivity index (χ4v) is 11.5. The highest BCUT2D eigenvalue weighted by molar-refractivity contribution is 7.86. The maximum Gasteiger partial charge on any atom is 0.283 e. The number of rotatable bonds is 16. The lowest BCUT2D eigenvalue weighted by molar-refractivity contribution is 0.210. The fourth-order valence-electron chi connectivity index (χ4n) is 9.64. The molecule has 2 heterocycles. The molecule has 0 aromatic heterocycles. The molecule has 320 valence electrons. The van der Waals surface area contributed by atoms with E-state index in [0.29, 0.717) is 45.3 Å². The summed E-state index contributed by atoms with van der Waals surface area (Å²) in [5, 5.41) is 5.56. The molecule has 1 aliphatic carbocycles. The van der Waals surface area contributed by atoms with Crippen LogP contribution in [0.25, 0.3) is 21.5 Å². The van der Waals surface area contributed by atoms with Crippen molar-refractivity contribution in [2.45, 2.75) is 96.4 Å². The Labute approximate surface area is 361 Å². The molecule has 1 atom stereocenters. The quantitative estimate of drug-likeness (QED) is 0.0645. The van der Waals surface area contributed by atoms with Gasteiger partial charge in [0.2, 0.25) is 0 Å². The van der Waals surface area contributed by atoms with Crippen molar-refractivity contribution < 1.29 is 25.7 Å². The molecule has 4 aromatic rings. The van der Waals surface area contributed by atoms with E-state index in [1.807, 2.05) is 0 Å². The highest BCUT2D eigenvalue weighted by atomic mass is 35.5. The summed E-state index contributed by atoms with van der Waals surface area (Å²) in [5.41, 5.74) is 10.0. The molecule has 12 heteroatoms. The minimum atomic E-state index is -4.03. The molecule has 7 rings (SSSR count). The van der Waals surface area contributed by atoms with E-state index < -0.39 is 20.2 Å². The number of unbranched alkanes of at least 4 members (excludes halogenated alkanes) is 2. The van der Waals surface area contributed by atoms with E-state index in [9.17, 15) is 21.4 Å². The van der Waals surface area contributed by atoms with E-state index in [-0.39, 0.29) is 28.4 Å². The molecule has 0 bridgehead atoms. The van der Waals surface area contributed by atoms with Crippen LogP contribution in [-0.2, 0) is 35.4 Å². The van der Waals surface area contributed by atoms with E-state index in [4.69, 9.17) is 15.9 Å². The predicted octanol–water partition coefficient (Wildman–Crippen LogP) is 10.6. The Kier molecular flexibility index (Phi) is 13.1. The minimum Gasteiger partial charge on any atom is -0.364 e. The second-order valence-electron chi connectivity index (χ2n) is 17.3. The van der Waals surface area contributed by atoms with E-state index in [1.165, 1.54) is 32.7 Å². The van der Waals surface area contributed by atoms with Gasteiger partial charge in [-0.1, -0.05) is 125 Å². The van der Waals surface area contributed by atoms with E-state index in [1.54, 1.807) is 6.92 Å². The molecular weight excluding hydrogens is 814 g/mol. The van der Waals surface area contributed by atoms with Crippen molar-refractivity contribution in [1.82, 2.24) is 5.48 Å². The number of benzene rings is 4. The van der Waals surface area contributed by atoms with Gasteiger partial charge in [0.1, 0.15) is 0 Å². The van der Waals surface area contributed by atoms with Crippen molar-refractivity contribution in [2.24, 2.45) is 0 Å². The van der Waals surface area contributed by atoms with Crippen LogP contribution in [0.15, 0.2) is 119 Å². The molecule has 2 N–H and O–H groups in total. The Balaban J connectivity index is 1.19. The number of halogens is 1. The van der Waals surface area contributed by atoms with Crippen LogP contribution in [0, 0.1) is 0 Å². The molecule has 2 aliphatic heterocycles. The highest BCUT2D eigenvalue weighted by Gasteiger charge is 2.44. The number of anilines is 2. The SMILES string of the molecule is CCNOS(=O)(=O)CCCCN1/C(=C/C=C2\CCCC(/C=C/C3N(CCCCS(=O)(=O)O)c4ccc5ccccc5c4C3(C)C)=C2Cl)C(C)(C)c2c1ccc1ccccc21. The number of hydrogen-bond acceptors (Lipinski definition) is 8. The van der Waals surface area contributed by atoms with Gasteiger partial charge >= 0.3 is 0 Å². The predicted molar refractivity (Wildman–Crippen MR) is 248 cm³/mol. The molecule has 0 amide bonds. The van der Waals surface area contributed by atoms with Crippen LogP contribution in [0.1, 0.15) is 90.7 Å². The fraction of sp³-hybridized carbons (Fsp3) is 0.417. The topological polar surface area (TPSA) is 116 Å². The monoisotopic (exact) mass is 871 g/mol. The van der Waals surface area contributed by atoms with Gasteiger partial charge in [-0.3, -0.25) is 4.55 Å². The lowest BCUT2D eigenvalue weighted by Gasteiger charge is -2.33. The zero-order chi connectivity index (χ0) is 42.9. The van der Waals surface area contributed by atoms with Gasteiger partial charge in [0, 0.05) is 52.6 Å². The first kappa shape index (κ1) is 44.1. The molecule has 0 spiro atoms.